The van der Waals surface area contributed by atoms with Crippen molar-refractivity contribution < 1.29 is 14.1 Å². The second-order valence-corrected chi connectivity index (χ2v) is 7.08. The molecular weight excluding hydrogens is 396 g/mol. The number of halogens is 2. The summed E-state index contributed by atoms with van der Waals surface area (Å²) in [5.74, 6) is 1.55. The zero-order valence-corrected chi connectivity index (χ0v) is 15.7. The van der Waals surface area contributed by atoms with E-state index in [-0.39, 0.29) is 5.91 Å². The number of benzene rings is 1. The third kappa shape index (κ3) is 3.92. The van der Waals surface area contributed by atoms with Crippen molar-refractivity contribution in [3.8, 4) is 5.75 Å². The molecule has 1 aromatic heterocycles. The highest BCUT2D eigenvalue weighted by Gasteiger charge is 2.25. The van der Waals surface area contributed by atoms with E-state index in [4.69, 9.17) is 20.9 Å². The van der Waals surface area contributed by atoms with Crippen molar-refractivity contribution in [2.24, 2.45) is 0 Å². The molecule has 0 atom stereocenters. The van der Waals surface area contributed by atoms with Gasteiger partial charge in [0.25, 0.3) is 0 Å². The summed E-state index contributed by atoms with van der Waals surface area (Å²) in [5.41, 5.74) is 2.07. The van der Waals surface area contributed by atoms with Crippen LogP contribution in [-0.2, 0) is 17.8 Å². The van der Waals surface area contributed by atoms with Crippen molar-refractivity contribution in [1.29, 1.82) is 0 Å². The highest BCUT2D eigenvalue weighted by atomic mass is 79.9. The number of fused-ring (bicyclic) bond motifs is 1. The molecule has 7 heteroatoms. The van der Waals surface area contributed by atoms with Crippen LogP contribution in [0.15, 0.2) is 27.2 Å². The number of hydrogen-bond donors (Lipinski definition) is 0. The first-order chi connectivity index (χ1) is 11.5. The fourth-order valence-corrected chi connectivity index (χ4v) is 3.48. The van der Waals surface area contributed by atoms with E-state index in [9.17, 15) is 4.79 Å². The van der Waals surface area contributed by atoms with Crippen molar-refractivity contribution in [2.75, 3.05) is 13.2 Å². The molecule has 1 amide bonds. The summed E-state index contributed by atoms with van der Waals surface area (Å²) in [6.45, 7) is 3.61. The first kappa shape index (κ1) is 17.3. The summed E-state index contributed by atoms with van der Waals surface area (Å²) in [7, 11) is 0. The van der Waals surface area contributed by atoms with Crippen LogP contribution in [0.4, 0.5) is 0 Å². The highest BCUT2D eigenvalue weighted by molar-refractivity contribution is 9.10. The Morgan fingerprint density at radius 2 is 2.33 bits per heavy atom. The van der Waals surface area contributed by atoms with Crippen LogP contribution in [0.2, 0.25) is 5.02 Å². The van der Waals surface area contributed by atoms with E-state index in [0.717, 1.165) is 27.9 Å². The van der Waals surface area contributed by atoms with Crippen LogP contribution >= 0.6 is 27.5 Å². The molecule has 1 aliphatic heterocycles. The number of rotatable bonds is 5. The molecule has 3 rings (SSSR count). The van der Waals surface area contributed by atoms with Gasteiger partial charge in [0.1, 0.15) is 5.75 Å². The van der Waals surface area contributed by atoms with E-state index in [2.05, 4.69) is 21.1 Å². The number of carbonyl (C=O) groups is 1. The Bertz CT molecular complexity index is 747. The average Bonchev–Trinajstić information content (AvgIpc) is 2.93. The third-order valence-electron chi connectivity index (χ3n) is 4.07. The van der Waals surface area contributed by atoms with Gasteiger partial charge >= 0.3 is 0 Å². The van der Waals surface area contributed by atoms with Crippen molar-refractivity contribution in [2.45, 2.75) is 32.7 Å². The van der Waals surface area contributed by atoms with E-state index in [0.29, 0.717) is 43.3 Å². The van der Waals surface area contributed by atoms with Crippen LogP contribution in [-0.4, -0.2) is 29.1 Å². The minimum absolute atomic E-state index is 0.111. The van der Waals surface area contributed by atoms with Gasteiger partial charge in [0.2, 0.25) is 5.91 Å². The van der Waals surface area contributed by atoms with E-state index in [1.807, 2.05) is 24.0 Å². The lowest BCUT2D eigenvalue weighted by molar-refractivity contribution is -0.132. The molecule has 0 bridgehead atoms. The second kappa shape index (κ2) is 7.57. The molecule has 0 N–H and O–H groups in total. The molecule has 24 heavy (non-hydrogen) atoms. The quantitative estimate of drug-likeness (QED) is 0.691. The zero-order chi connectivity index (χ0) is 17.1. The largest absolute Gasteiger partial charge is 0.492 e. The molecular formula is C17H18BrClN2O3. The van der Waals surface area contributed by atoms with E-state index >= 15 is 0 Å². The van der Waals surface area contributed by atoms with Gasteiger partial charge in [-0.3, -0.25) is 4.79 Å². The van der Waals surface area contributed by atoms with Gasteiger partial charge in [-0.15, -0.1) is 0 Å². The van der Waals surface area contributed by atoms with Crippen LogP contribution in [0.1, 0.15) is 29.9 Å². The molecule has 128 valence electrons. The average molecular weight is 414 g/mol. The minimum atomic E-state index is 0.111. The fraction of sp³-hybridized carbons (Fsp3) is 0.412. The number of aromatic nitrogens is 1. The van der Waals surface area contributed by atoms with Gasteiger partial charge in [0, 0.05) is 23.0 Å². The maximum absolute atomic E-state index is 12.3. The molecule has 1 aromatic carbocycles. The Labute approximate surface area is 154 Å². The lowest BCUT2D eigenvalue weighted by atomic mass is 10.1. The Hall–Kier alpha value is -1.53. The van der Waals surface area contributed by atoms with Crippen LogP contribution < -0.4 is 4.74 Å². The summed E-state index contributed by atoms with van der Waals surface area (Å²) in [6.07, 6.45) is 1.89. The van der Waals surface area contributed by atoms with Crippen LogP contribution in [0.3, 0.4) is 0 Å². The summed E-state index contributed by atoms with van der Waals surface area (Å²) >= 11 is 9.45. The van der Waals surface area contributed by atoms with Gasteiger partial charge < -0.3 is 14.2 Å². The maximum Gasteiger partial charge on any atom is 0.223 e. The predicted octanol–water partition coefficient (Wildman–Crippen LogP) is 4.14. The minimum Gasteiger partial charge on any atom is -0.492 e. The first-order valence-electron chi connectivity index (χ1n) is 7.84. The normalized spacial score (nSPS) is 13.7. The zero-order valence-electron chi connectivity index (χ0n) is 13.3. The first-order valence-corrected chi connectivity index (χ1v) is 9.01. The van der Waals surface area contributed by atoms with Crippen LogP contribution in [0.25, 0.3) is 0 Å². The van der Waals surface area contributed by atoms with Gasteiger partial charge in [-0.05, 0) is 38.0 Å². The van der Waals surface area contributed by atoms with Crippen molar-refractivity contribution >= 4 is 33.4 Å². The monoisotopic (exact) mass is 412 g/mol. The molecule has 0 saturated heterocycles. The lowest BCUT2D eigenvalue weighted by Gasteiger charge is -2.25. The second-order valence-electron chi connectivity index (χ2n) is 5.76. The molecule has 0 fully saturated rings. The number of hydrogen-bond acceptors (Lipinski definition) is 4. The van der Waals surface area contributed by atoms with E-state index in [1.165, 1.54) is 0 Å². The van der Waals surface area contributed by atoms with Crippen molar-refractivity contribution in [3.05, 3.63) is 44.7 Å². The van der Waals surface area contributed by atoms with Gasteiger partial charge in [-0.1, -0.05) is 32.7 Å². The number of ether oxygens (including phenoxy) is 1. The Balaban J connectivity index is 1.45. The van der Waals surface area contributed by atoms with Gasteiger partial charge in [-0.2, -0.15) is 0 Å². The smallest absolute Gasteiger partial charge is 0.223 e. The molecule has 5 nitrogen and oxygen atoms in total. The highest BCUT2D eigenvalue weighted by Crippen LogP contribution is 2.28. The van der Waals surface area contributed by atoms with Gasteiger partial charge in [0.15, 0.2) is 5.76 Å². The van der Waals surface area contributed by atoms with Gasteiger partial charge in [0.05, 0.1) is 23.9 Å². The lowest BCUT2D eigenvalue weighted by Crippen LogP contribution is -2.35. The summed E-state index contributed by atoms with van der Waals surface area (Å²) in [6, 6.07) is 5.47. The fourth-order valence-electron chi connectivity index (χ4n) is 2.75. The van der Waals surface area contributed by atoms with Crippen molar-refractivity contribution in [3.63, 3.8) is 0 Å². The van der Waals surface area contributed by atoms with Crippen LogP contribution in [0, 0.1) is 6.92 Å². The molecule has 0 radical (unpaired) electrons. The Kier molecular flexibility index (Phi) is 5.46. The molecule has 2 heterocycles. The van der Waals surface area contributed by atoms with E-state index < -0.39 is 0 Å². The standard InChI is InChI=1S/C17H18BrClN2O3/c1-11-13-6-7-21(10-16(13)24-20-11)17(22)3-2-8-23-15-5-4-12(18)9-14(15)19/h4-5,9H,2-3,6-8,10H2,1H3. The molecule has 0 spiro atoms. The molecule has 2 aromatic rings. The Morgan fingerprint density at radius 3 is 3.12 bits per heavy atom. The summed E-state index contributed by atoms with van der Waals surface area (Å²) in [4.78, 5) is 14.1. The maximum atomic E-state index is 12.3. The SMILES string of the molecule is Cc1noc2c1CCN(C(=O)CCCOc1ccc(Br)cc1Cl)C2. The molecule has 1 aliphatic rings. The third-order valence-corrected chi connectivity index (χ3v) is 4.86. The van der Waals surface area contributed by atoms with E-state index in [1.54, 1.807) is 6.07 Å². The topological polar surface area (TPSA) is 55.6 Å². The number of carbonyl (C=O) groups excluding carboxylic acids is 1. The summed E-state index contributed by atoms with van der Waals surface area (Å²) in [5, 5.41) is 4.52. The molecule has 0 unspecified atom stereocenters. The summed E-state index contributed by atoms with van der Waals surface area (Å²) < 4.78 is 11.8. The molecule has 0 saturated carbocycles. The van der Waals surface area contributed by atoms with Gasteiger partial charge in [-0.25, -0.2) is 0 Å². The molecule has 0 aliphatic carbocycles. The number of aryl methyl sites for hydroxylation is 1. The Morgan fingerprint density at radius 1 is 1.50 bits per heavy atom. The van der Waals surface area contributed by atoms with Crippen LogP contribution in [0.5, 0.6) is 5.75 Å². The van der Waals surface area contributed by atoms with Crippen molar-refractivity contribution in [1.82, 2.24) is 10.1 Å². The number of amides is 1. The predicted molar refractivity (Wildman–Crippen MR) is 94.2 cm³/mol. The number of nitrogens with zero attached hydrogens (tertiary/aromatic N) is 2.